The summed E-state index contributed by atoms with van der Waals surface area (Å²) < 4.78 is 10.3. The van der Waals surface area contributed by atoms with Gasteiger partial charge in [-0.05, 0) is 23.3 Å². The SMILES string of the molecule is COc1ccc(NC(=O)C(=O)NCC2(O)Cc3ccccc3C2)cc1OC. The largest absolute Gasteiger partial charge is 0.493 e. The Morgan fingerprint density at radius 3 is 2.22 bits per heavy atom. The van der Waals surface area contributed by atoms with Crippen LogP contribution >= 0.6 is 0 Å². The fourth-order valence-electron chi connectivity index (χ4n) is 3.23. The van der Waals surface area contributed by atoms with Gasteiger partial charge in [0, 0.05) is 31.1 Å². The fourth-order valence-corrected chi connectivity index (χ4v) is 3.23. The third-order valence-corrected chi connectivity index (χ3v) is 4.58. The second kappa shape index (κ2) is 7.67. The van der Waals surface area contributed by atoms with Crippen molar-refractivity contribution < 1.29 is 24.2 Å². The van der Waals surface area contributed by atoms with Crippen LogP contribution in [0, 0.1) is 0 Å². The zero-order chi connectivity index (χ0) is 19.4. The number of carbonyl (C=O) groups is 2. The van der Waals surface area contributed by atoms with Gasteiger partial charge in [0.1, 0.15) is 0 Å². The number of ether oxygens (including phenoxy) is 2. The van der Waals surface area contributed by atoms with Crippen molar-refractivity contribution >= 4 is 17.5 Å². The average Bonchev–Trinajstić information content (AvgIpc) is 3.02. The van der Waals surface area contributed by atoms with Crippen LogP contribution in [0.25, 0.3) is 0 Å². The van der Waals surface area contributed by atoms with Crippen molar-refractivity contribution in [2.45, 2.75) is 18.4 Å². The number of methoxy groups -OCH3 is 2. The number of nitrogens with one attached hydrogen (secondary N) is 2. The minimum absolute atomic E-state index is 0.000132. The summed E-state index contributed by atoms with van der Waals surface area (Å²) in [5.41, 5.74) is 1.44. The number of aliphatic hydroxyl groups is 1. The molecule has 0 atom stereocenters. The third kappa shape index (κ3) is 4.20. The lowest BCUT2D eigenvalue weighted by Gasteiger charge is -2.22. The molecule has 0 radical (unpaired) electrons. The van der Waals surface area contributed by atoms with Crippen LogP contribution in [0.1, 0.15) is 11.1 Å². The lowest BCUT2D eigenvalue weighted by atomic mass is 10.0. The van der Waals surface area contributed by atoms with Gasteiger partial charge in [-0.15, -0.1) is 0 Å². The second-order valence-corrected chi connectivity index (χ2v) is 6.55. The van der Waals surface area contributed by atoms with E-state index in [2.05, 4.69) is 10.6 Å². The van der Waals surface area contributed by atoms with E-state index >= 15 is 0 Å². The number of rotatable bonds is 5. The van der Waals surface area contributed by atoms with Gasteiger partial charge in [-0.3, -0.25) is 9.59 Å². The van der Waals surface area contributed by atoms with Crippen molar-refractivity contribution in [1.29, 1.82) is 0 Å². The van der Waals surface area contributed by atoms with Gasteiger partial charge in [0.25, 0.3) is 0 Å². The molecule has 1 aliphatic carbocycles. The van der Waals surface area contributed by atoms with Crippen LogP contribution in [0.2, 0.25) is 0 Å². The lowest BCUT2D eigenvalue weighted by Crippen LogP contribution is -2.46. The highest BCUT2D eigenvalue weighted by atomic mass is 16.5. The Morgan fingerprint density at radius 2 is 1.63 bits per heavy atom. The number of benzene rings is 2. The van der Waals surface area contributed by atoms with Crippen LogP contribution in [0.4, 0.5) is 5.69 Å². The Bertz CT molecular complexity index is 840. The molecular weight excluding hydrogens is 348 g/mol. The van der Waals surface area contributed by atoms with Crippen LogP contribution < -0.4 is 20.1 Å². The molecular formula is C20H22N2O5. The standard InChI is InChI=1S/C20H22N2O5/c1-26-16-8-7-15(9-17(16)27-2)22-19(24)18(23)21-12-20(25)10-13-5-3-4-6-14(13)11-20/h3-9,25H,10-12H2,1-2H3,(H,21,23)(H,22,24). The Kier molecular flexibility index (Phi) is 5.32. The zero-order valence-corrected chi connectivity index (χ0v) is 15.2. The number of anilines is 1. The molecule has 7 heteroatoms. The molecule has 0 fully saturated rings. The maximum atomic E-state index is 12.1. The summed E-state index contributed by atoms with van der Waals surface area (Å²) in [5.74, 6) is -0.674. The van der Waals surface area contributed by atoms with Crippen LogP contribution in [0.15, 0.2) is 42.5 Å². The molecule has 0 spiro atoms. The van der Waals surface area contributed by atoms with Gasteiger partial charge in [0.15, 0.2) is 11.5 Å². The van der Waals surface area contributed by atoms with E-state index in [4.69, 9.17) is 9.47 Å². The average molecular weight is 370 g/mol. The summed E-state index contributed by atoms with van der Waals surface area (Å²) in [5, 5.41) is 15.7. The maximum absolute atomic E-state index is 12.1. The normalized spacial score (nSPS) is 14.2. The lowest BCUT2D eigenvalue weighted by molar-refractivity contribution is -0.136. The highest BCUT2D eigenvalue weighted by Crippen LogP contribution is 2.30. The Morgan fingerprint density at radius 1 is 1.00 bits per heavy atom. The summed E-state index contributed by atoms with van der Waals surface area (Å²) in [4.78, 5) is 24.2. The van der Waals surface area contributed by atoms with Gasteiger partial charge in [-0.1, -0.05) is 24.3 Å². The summed E-state index contributed by atoms with van der Waals surface area (Å²) in [7, 11) is 2.99. The predicted molar refractivity (Wildman–Crippen MR) is 100.0 cm³/mol. The van der Waals surface area contributed by atoms with Crippen LogP contribution in [0.3, 0.4) is 0 Å². The van der Waals surface area contributed by atoms with E-state index < -0.39 is 17.4 Å². The molecule has 2 aromatic carbocycles. The molecule has 7 nitrogen and oxygen atoms in total. The molecule has 142 valence electrons. The van der Waals surface area contributed by atoms with E-state index in [0.717, 1.165) is 11.1 Å². The Hall–Kier alpha value is -3.06. The minimum atomic E-state index is -1.08. The maximum Gasteiger partial charge on any atom is 0.313 e. The minimum Gasteiger partial charge on any atom is -0.493 e. The van der Waals surface area contributed by atoms with Crippen molar-refractivity contribution in [3.05, 3.63) is 53.6 Å². The molecule has 3 rings (SSSR count). The van der Waals surface area contributed by atoms with E-state index in [1.165, 1.54) is 14.2 Å². The molecule has 3 N–H and O–H groups in total. The second-order valence-electron chi connectivity index (χ2n) is 6.55. The first kappa shape index (κ1) is 18.7. The number of carbonyl (C=O) groups excluding carboxylic acids is 2. The van der Waals surface area contributed by atoms with Crippen molar-refractivity contribution in [3.8, 4) is 11.5 Å². The first-order valence-corrected chi connectivity index (χ1v) is 8.54. The summed E-state index contributed by atoms with van der Waals surface area (Å²) >= 11 is 0. The van der Waals surface area contributed by atoms with Crippen molar-refractivity contribution in [3.63, 3.8) is 0 Å². The smallest absolute Gasteiger partial charge is 0.313 e. The number of hydrogen-bond acceptors (Lipinski definition) is 5. The number of hydrogen-bond donors (Lipinski definition) is 3. The van der Waals surface area contributed by atoms with Crippen molar-refractivity contribution in [2.24, 2.45) is 0 Å². The molecule has 0 saturated carbocycles. The van der Waals surface area contributed by atoms with Gasteiger partial charge in [-0.2, -0.15) is 0 Å². The van der Waals surface area contributed by atoms with Crippen LogP contribution in [-0.2, 0) is 22.4 Å². The Balaban J connectivity index is 1.56. The van der Waals surface area contributed by atoms with Gasteiger partial charge < -0.3 is 25.2 Å². The third-order valence-electron chi connectivity index (χ3n) is 4.58. The van der Waals surface area contributed by atoms with Crippen molar-refractivity contribution in [2.75, 3.05) is 26.1 Å². The molecule has 27 heavy (non-hydrogen) atoms. The summed E-state index contributed by atoms with van der Waals surface area (Å²) in [6, 6.07) is 12.5. The summed E-state index contributed by atoms with van der Waals surface area (Å²) in [6.45, 7) is -0.000132. The monoisotopic (exact) mass is 370 g/mol. The fraction of sp³-hybridized carbons (Fsp3) is 0.300. The molecule has 0 aliphatic heterocycles. The first-order valence-electron chi connectivity index (χ1n) is 8.54. The number of amides is 2. The van der Waals surface area contributed by atoms with Gasteiger partial charge in [0.05, 0.1) is 19.8 Å². The first-order chi connectivity index (χ1) is 12.9. The van der Waals surface area contributed by atoms with E-state index in [0.29, 0.717) is 30.0 Å². The molecule has 0 unspecified atom stereocenters. The Labute approximate surface area is 157 Å². The molecule has 0 saturated heterocycles. The topological polar surface area (TPSA) is 96.9 Å². The molecule has 0 bridgehead atoms. The quantitative estimate of drug-likeness (QED) is 0.689. The highest BCUT2D eigenvalue weighted by Gasteiger charge is 2.35. The van der Waals surface area contributed by atoms with Crippen molar-refractivity contribution in [1.82, 2.24) is 5.32 Å². The van der Waals surface area contributed by atoms with Gasteiger partial charge >= 0.3 is 11.8 Å². The van der Waals surface area contributed by atoms with E-state index in [9.17, 15) is 14.7 Å². The number of fused-ring (bicyclic) bond motifs is 1. The predicted octanol–water partition coefficient (Wildman–Crippen LogP) is 1.29. The summed E-state index contributed by atoms with van der Waals surface area (Å²) in [6.07, 6.45) is 0.890. The van der Waals surface area contributed by atoms with Crippen LogP contribution in [-0.4, -0.2) is 43.3 Å². The molecule has 0 heterocycles. The molecule has 0 aromatic heterocycles. The van der Waals surface area contributed by atoms with E-state index in [-0.39, 0.29) is 6.54 Å². The zero-order valence-electron chi connectivity index (χ0n) is 15.2. The van der Waals surface area contributed by atoms with E-state index in [1.54, 1.807) is 18.2 Å². The van der Waals surface area contributed by atoms with E-state index in [1.807, 2.05) is 24.3 Å². The molecule has 2 aromatic rings. The highest BCUT2D eigenvalue weighted by molar-refractivity contribution is 6.39. The van der Waals surface area contributed by atoms with Gasteiger partial charge in [0.2, 0.25) is 0 Å². The molecule has 2 amide bonds. The molecule has 1 aliphatic rings. The van der Waals surface area contributed by atoms with Gasteiger partial charge in [-0.25, -0.2) is 0 Å². The van der Waals surface area contributed by atoms with Crippen LogP contribution in [0.5, 0.6) is 11.5 Å².